The number of aromatic nitrogens is 2. The first-order chi connectivity index (χ1) is 6.97. The second-order valence-electron chi connectivity index (χ2n) is 3.18. The molecule has 0 spiro atoms. The number of nitrogens with two attached hydrogens (primary N) is 1. The molecule has 0 amide bonds. The van der Waals surface area contributed by atoms with Gasteiger partial charge >= 0.3 is 5.97 Å². The first-order valence-corrected chi connectivity index (χ1v) is 4.39. The topological polar surface area (TPSA) is 87.2 Å². The van der Waals surface area contributed by atoms with Gasteiger partial charge in [-0.1, -0.05) is 0 Å². The molecule has 1 heterocycles. The van der Waals surface area contributed by atoms with Crippen molar-refractivity contribution < 1.29 is 14.3 Å². The first kappa shape index (κ1) is 11.4. The number of esters is 1. The number of rotatable bonds is 3. The summed E-state index contributed by atoms with van der Waals surface area (Å²) >= 11 is 0. The predicted molar refractivity (Wildman–Crippen MR) is 52.5 cm³/mol. The molecule has 1 atom stereocenters. The molecule has 0 saturated heterocycles. The Morgan fingerprint density at radius 2 is 2.20 bits per heavy atom. The zero-order chi connectivity index (χ0) is 11.6. The minimum Gasteiger partial charge on any atom is -0.464 e. The fourth-order valence-electron chi connectivity index (χ4n) is 1.14. The van der Waals surface area contributed by atoms with Gasteiger partial charge in [0, 0.05) is 13.1 Å². The second kappa shape index (κ2) is 4.22. The lowest BCUT2D eigenvalue weighted by atomic mass is 10.1. The quantitative estimate of drug-likeness (QED) is 0.549. The number of Topliss-reactive ketones (excluding diaryl/α,β-unsaturated/α-hetero) is 1. The van der Waals surface area contributed by atoms with Gasteiger partial charge < -0.3 is 10.5 Å². The number of carbonyl (C=O) groups is 2. The highest BCUT2D eigenvalue weighted by Crippen LogP contribution is 2.06. The molecule has 0 radical (unpaired) electrons. The predicted octanol–water partition coefficient (Wildman–Crippen LogP) is -0.263. The largest absolute Gasteiger partial charge is 0.464 e. The first-order valence-electron chi connectivity index (χ1n) is 4.39. The van der Waals surface area contributed by atoms with Crippen molar-refractivity contribution in [1.29, 1.82) is 0 Å². The highest BCUT2D eigenvalue weighted by Gasteiger charge is 2.19. The van der Waals surface area contributed by atoms with Gasteiger partial charge in [-0.3, -0.25) is 9.48 Å². The lowest BCUT2D eigenvalue weighted by Gasteiger charge is -2.02. The molecule has 0 aliphatic rings. The Balaban J connectivity index is 3.06. The van der Waals surface area contributed by atoms with Crippen molar-refractivity contribution in [2.45, 2.75) is 13.0 Å². The van der Waals surface area contributed by atoms with Crippen molar-refractivity contribution >= 4 is 11.8 Å². The van der Waals surface area contributed by atoms with Crippen LogP contribution in [0, 0.1) is 0 Å². The molecule has 6 heteroatoms. The van der Waals surface area contributed by atoms with Gasteiger partial charge in [-0.25, -0.2) is 4.79 Å². The number of ether oxygens (including phenoxy) is 1. The van der Waals surface area contributed by atoms with Crippen molar-refractivity contribution in [2.75, 3.05) is 7.11 Å². The number of methoxy groups -OCH3 is 1. The van der Waals surface area contributed by atoms with E-state index in [4.69, 9.17) is 5.73 Å². The lowest BCUT2D eigenvalue weighted by molar-refractivity contribution is 0.0593. The van der Waals surface area contributed by atoms with Gasteiger partial charge in [0.2, 0.25) is 0 Å². The van der Waals surface area contributed by atoms with E-state index >= 15 is 0 Å². The molecule has 15 heavy (non-hydrogen) atoms. The van der Waals surface area contributed by atoms with Crippen molar-refractivity contribution in [2.24, 2.45) is 12.8 Å². The average Bonchev–Trinajstić information content (AvgIpc) is 2.57. The maximum atomic E-state index is 11.6. The Hall–Kier alpha value is -1.69. The zero-order valence-electron chi connectivity index (χ0n) is 8.85. The highest BCUT2D eigenvalue weighted by atomic mass is 16.5. The van der Waals surface area contributed by atoms with E-state index in [0.29, 0.717) is 5.69 Å². The fourth-order valence-corrected chi connectivity index (χ4v) is 1.14. The number of carbonyl (C=O) groups excluding carboxylic acids is 2. The van der Waals surface area contributed by atoms with Crippen molar-refractivity contribution in [3.8, 4) is 0 Å². The van der Waals surface area contributed by atoms with Crippen molar-refractivity contribution in [3.63, 3.8) is 0 Å². The van der Waals surface area contributed by atoms with E-state index in [1.165, 1.54) is 17.9 Å². The van der Waals surface area contributed by atoms with Crippen LogP contribution in [0.4, 0.5) is 0 Å². The normalized spacial score (nSPS) is 12.3. The minimum absolute atomic E-state index is 0.101. The maximum Gasteiger partial charge on any atom is 0.358 e. The van der Waals surface area contributed by atoms with Crippen LogP contribution in [0.5, 0.6) is 0 Å². The molecule has 6 nitrogen and oxygen atoms in total. The van der Waals surface area contributed by atoms with Gasteiger partial charge in [0.1, 0.15) is 5.69 Å². The molecular weight excluding hydrogens is 198 g/mol. The number of nitrogens with zero attached hydrogens (tertiary/aromatic N) is 2. The molecule has 0 aliphatic heterocycles. The summed E-state index contributed by atoms with van der Waals surface area (Å²) in [4.78, 5) is 22.7. The second-order valence-corrected chi connectivity index (χ2v) is 3.18. The Kier molecular flexibility index (Phi) is 3.21. The summed E-state index contributed by atoms with van der Waals surface area (Å²) in [5.41, 5.74) is 5.85. The van der Waals surface area contributed by atoms with E-state index in [1.807, 2.05) is 0 Å². The van der Waals surface area contributed by atoms with Crippen LogP contribution in [0.25, 0.3) is 0 Å². The van der Waals surface area contributed by atoms with Gasteiger partial charge in [-0.2, -0.15) is 5.10 Å². The number of hydrogen-bond donors (Lipinski definition) is 1. The van der Waals surface area contributed by atoms with Crippen LogP contribution in [-0.2, 0) is 11.8 Å². The Labute approximate surface area is 87.0 Å². The third-order valence-electron chi connectivity index (χ3n) is 1.94. The fraction of sp³-hybridized carbons (Fsp3) is 0.444. The summed E-state index contributed by atoms with van der Waals surface area (Å²) in [5, 5.41) is 3.85. The Bertz CT molecular complexity index is 395. The summed E-state index contributed by atoms with van der Waals surface area (Å²) in [6.45, 7) is 1.58. The maximum absolute atomic E-state index is 11.6. The molecule has 1 aromatic rings. The summed E-state index contributed by atoms with van der Waals surface area (Å²) in [6, 6.07) is 0.753. The SMILES string of the molecule is COC(=O)c1cc(C(=O)C(C)N)n(C)n1. The van der Waals surface area contributed by atoms with Crippen LogP contribution < -0.4 is 5.73 Å². The molecule has 0 aromatic carbocycles. The van der Waals surface area contributed by atoms with Crippen LogP contribution in [-0.4, -0.2) is 34.7 Å². The van der Waals surface area contributed by atoms with E-state index in [9.17, 15) is 9.59 Å². The van der Waals surface area contributed by atoms with Crippen LogP contribution in [0.1, 0.15) is 27.9 Å². The van der Waals surface area contributed by atoms with Gasteiger partial charge in [0.15, 0.2) is 11.5 Å². The average molecular weight is 211 g/mol. The summed E-state index contributed by atoms with van der Waals surface area (Å²) in [5.74, 6) is -0.838. The van der Waals surface area contributed by atoms with Gasteiger partial charge in [0.25, 0.3) is 0 Å². The molecule has 1 aromatic heterocycles. The molecule has 0 bridgehead atoms. The van der Waals surface area contributed by atoms with Crippen LogP contribution in [0.3, 0.4) is 0 Å². The van der Waals surface area contributed by atoms with E-state index < -0.39 is 12.0 Å². The molecule has 0 fully saturated rings. The van der Waals surface area contributed by atoms with Gasteiger partial charge in [0.05, 0.1) is 13.2 Å². The van der Waals surface area contributed by atoms with E-state index in [0.717, 1.165) is 0 Å². The summed E-state index contributed by atoms with van der Waals surface area (Å²) in [6.07, 6.45) is 0. The molecule has 0 saturated carbocycles. The molecule has 82 valence electrons. The molecular formula is C9H13N3O3. The summed E-state index contributed by atoms with van der Waals surface area (Å²) < 4.78 is 5.80. The standard InChI is InChI=1S/C9H13N3O3/c1-5(10)8(13)7-4-6(9(14)15-3)11-12(7)2/h4-5H,10H2,1-3H3. The van der Waals surface area contributed by atoms with Crippen LogP contribution >= 0.6 is 0 Å². The molecule has 1 rings (SSSR count). The zero-order valence-corrected chi connectivity index (χ0v) is 8.85. The third-order valence-corrected chi connectivity index (χ3v) is 1.94. The highest BCUT2D eigenvalue weighted by molar-refractivity contribution is 6.00. The van der Waals surface area contributed by atoms with E-state index in [2.05, 4.69) is 9.84 Å². The smallest absolute Gasteiger partial charge is 0.358 e. The van der Waals surface area contributed by atoms with Crippen LogP contribution in [0.2, 0.25) is 0 Å². The van der Waals surface area contributed by atoms with Crippen LogP contribution in [0.15, 0.2) is 6.07 Å². The Morgan fingerprint density at radius 3 is 2.67 bits per heavy atom. The van der Waals surface area contributed by atoms with E-state index in [-0.39, 0.29) is 11.5 Å². The van der Waals surface area contributed by atoms with Crippen molar-refractivity contribution in [1.82, 2.24) is 9.78 Å². The summed E-state index contributed by atoms with van der Waals surface area (Å²) in [7, 11) is 2.83. The number of aryl methyl sites for hydroxylation is 1. The van der Waals surface area contributed by atoms with E-state index in [1.54, 1.807) is 14.0 Å². The molecule has 1 unspecified atom stereocenters. The molecule has 0 aliphatic carbocycles. The third kappa shape index (κ3) is 2.21. The molecule has 2 N–H and O–H groups in total. The monoisotopic (exact) mass is 211 g/mol. The van der Waals surface area contributed by atoms with Gasteiger partial charge in [-0.05, 0) is 6.92 Å². The number of hydrogen-bond acceptors (Lipinski definition) is 5. The minimum atomic E-state index is -0.620. The van der Waals surface area contributed by atoms with Crippen molar-refractivity contribution in [3.05, 3.63) is 17.5 Å². The number of ketones is 1. The van der Waals surface area contributed by atoms with Gasteiger partial charge in [-0.15, -0.1) is 0 Å². The Morgan fingerprint density at radius 1 is 1.60 bits per heavy atom. The lowest BCUT2D eigenvalue weighted by Crippen LogP contribution is -2.28.